The zero-order chi connectivity index (χ0) is 17.2. The highest BCUT2D eigenvalue weighted by molar-refractivity contribution is 9.10. The van der Waals surface area contributed by atoms with Gasteiger partial charge >= 0.3 is 0 Å². The summed E-state index contributed by atoms with van der Waals surface area (Å²) in [6.07, 6.45) is 0. The van der Waals surface area contributed by atoms with Crippen molar-refractivity contribution in [1.29, 1.82) is 0 Å². The lowest BCUT2D eigenvalue weighted by Gasteiger charge is -2.09. The predicted molar refractivity (Wildman–Crippen MR) is 105 cm³/mol. The van der Waals surface area contributed by atoms with Gasteiger partial charge in [0.15, 0.2) is 10.6 Å². The van der Waals surface area contributed by atoms with Gasteiger partial charge in [0.2, 0.25) is 0 Å². The standard InChI is InChI=1S/C19H15BrN4S/c1-13-11-18(23-22-13)21-19-24(16-5-3-2-4-6-16)17(12-25-19)14-7-9-15(20)10-8-14/h2-12H,1H3,(H,22,23). The first-order valence-corrected chi connectivity index (χ1v) is 9.46. The molecular formula is C19H15BrN4S. The number of para-hydroxylation sites is 1. The molecule has 124 valence electrons. The molecule has 0 aliphatic carbocycles. The quantitative estimate of drug-likeness (QED) is 0.493. The molecule has 2 aromatic carbocycles. The summed E-state index contributed by atoms with van der Waals surface area (Å²) in [5, 5.41) is 9.31. The van der Waals surface area contributed by atoms with Crippen LogP contribution in [0.5, 0.6) is 0 Å². The molecule has 2 heterocycles. The van der Waals surface area contributed by atoms with Gasteiger partial charge < -0.3 is 0 Å². The molecule has 0 atom stereocenters. The smallest absolute Gasteiger partial charge is 0.196 e. The molecule has 1 N–H and O–H groups in total. The van der Waals surface area contributed by atoms with Crippen molar-refractivity contribution in [2.75, 3.05) is 0 Å². The van der Waals surface area contributed by atoms with Gasteiger partial charge in [-0.25, -0.2) is 0 Å². The average Bonchev–Trinajstić information content (AvgIpc) is 3.23. The van der Waals surface area contributed by atoms with E-state index < -0.39 is 0 Å². The van der Waals surface area contributed by atoms with Crippen LogP contribution in [0.4, 0.5) is 5.82 Å². The third kappa shape index (κ3) is 3.36. The van der Waals surface area contributed by atoms with Crippen LogP contribution in [0.25, 0.3) is 16.9 Å². The summed E-state index contributed by atoms with van der Waals surface area (Å²) in [5.41, 5.74) is 4.32. The van der Waals surface area contributed by atoms with E-state index in [0.717, 1.165) is 31.9 Å². The van der Waals surface area contributed by atoms with E-state index in [1.165, 1.54) is 0 Å². The molecule has 0 aliphatic heterocycles. The van der Waals surface area contributed by atoms with Gasteiger partial charge in [-0.05, 0) is 36.8 Å². The van der Waals surface area contributed by atoms with Crippen LogP contribution in [0, 0.1) is 6.92 Å². The van der Waals surface area contributed by atoms with Crippen molar-refractivity contribution in [1.82, 2.24) is 14.8 Å². The monoisotopic (exact) mass is 410 g/mol. The number of nitrogens with one attached hydrogen (secondary N) is 1. The Hall–Kier alpha value is -2.44. The second-order valence-corrected chi connectivity index (χ2v) is 7.35. The summed E-state index contributed by atoms with van der Waals surface area (Å²) in [5.74, 6) is 0.686. The maximum Gasteiger partial charge on any atom is 0.196 e. The minimum atomic E-state index is 0.686. The molecule has 0 aliphatic rings. The van der Waals surface area contributed by atoms with Crippen molar-refractivity contribution in [3.05, 3.63) is 81.0 Å². The molecule has 4 rings (SSSR count). The van der Waals surface area contributed by atoms with Crippen LogP contribution in [0.15, 0.2) is 75.5 Å². The van der Waals surface area contributed by atoms with Gasteiger partial charge in [0.25, 0.3) is 0 Å². The number of aromatic nitrogens is 3. The Morgan fingerprint density at radius 3 is 2.52 bits per heavy atom. The molecule has 0 radical (unpaired) electrons. The van der Waals surface area contributed by atoms with Crippen LogP contribution < -0.4 is 4.80 Å². The molecule has 0 fully saturated rings. The number of benzene rings is 2. The van der Waals surface area contributed by atoms with Crippen molar-refractivity contribution >= 4 is 33.1 Å². The Labute approximate surface area is 157 Å². The van der Waals surface area contributed by atoms with E-state index in [1.54, 1.807) is 11.3 Å². The fourth-order valence-electron chi connectivity index (χ4n) is 2.60. The molecule has 4 nitrogen and oxygen atoms in total. The molecule has 4 aromatic rings. The Morgan fingerprint density at radius 1 is 1.08 bits per heavy atom. The number of halogens is 1. The minimum Gasteiger partial charge on any atom is -0.285 e. The molecule has 0 spiro atoms. The molecule has 0 bridgehead atoms. The van der Waals surface area contributed by atoms with E-state index >= 15 is 0 Å². The summed E-state index contributed by atoms with van der Waals surface area (Å²) in [7, 11) is 0. The minimum absolute atomic E-state index is 0.686. The highest BCUT2D eigenvalue weighted by Crippen LogP contribution is 2.25. The third-order valence-corrected chi connectivity index (χ3v) is 5.12. The number of aromatic amines is 1. The second-order valence-electron chi connectivity index (χ2n) is 5.60. The van der Waals surface area contributed by atoms with Gasteiger partial charge in [-0.3, -0.25) is 9.67 Å². The molecular weight excluding hydrogens is 396 g/mol. The first kappa shape index (κ1) is 16.1. The lowest BCUT2D eigenvalue weighted by molar-refractivity contribution is 0.989. The average molecular weight is 411 g/mol. The Kier molecular flexibility index (Phi) is 4.38. The fraction of sp³-hybridized carbons (Fsp3) is 0.0526. The van der Waals surface area contributed by atoms with Crippen LogP contribution in [0.1, 0.15) is 5.69 Å². The van der Waals surface area contributed by atoms with Gasteiger partial charge in [0.05, 0.1) is 5.69 Å². The lowest BCUT2D eigenvalue weighted by Crippen LogP contribution is -2.13. The summed E-state index contributed by atoms with van der Waals surface area (Å²) in [4.78, 5) is 5.62. The van der Waals surface area contributed by atoms with Crippen molar-refractivity contribution in [2.45, 2.75) is 6.92 Å². The first-order chi connectivity index (χ1) is 12.2. The summed E-state index contributed by atoms with van der Waals surface area (Å²) < 4.78 is 3.23. The van der Waals surface area contributed by atoms with Crippen LogP contribution >= 0.6 is 27.3 Å². The zero-order valence-corrected chi connectivity index (χ0v) is 15.9. The van der Waals surface area contributed by atoms with Gasteiger partial charge in [0.1, 0.15) is 0 Å². The zero-order valence-electron chi connectivity index (χ0n) is 13.5. The third-order valence-electron chi connectivity index (χ3n) is 3.77. The highest BCUT2D eigenvalue weighted by Gasteiger charge is 2.10. The number of thiazole rings is 1. The van der Waals surface area contributed by atoms with E-state index in [4.69, 9.17) is 4.99 Å². The van der Waals surface area contributed by atoms with Crippen LogP contribution in [-0.4, -0.2) is 14.8 Å². The first-order valence-electron chi connectivity index (χ1n) is 7.79. The molecule has 2 aromatic heterocycles. The normalized spacial score (nSPS) is 11.8. The Bertz CT molecular complexity index is 1060. The number of rotatable bonds is 3. The molecule has 6 heteroatoms. The van der Waals surface area contributed by atoms with Crippen molar-refractivity contribution in [3.63, 3.8) is 0 Å². The van der Waals surface area contributed by atoms with Crippen LogP contribution in [-0.2, 0) is 0 Å². The van der Waals surface area contributed by atoms with Crippen molar-refractivity contribution in [3.8, 4) is 16.9 Å². The molecule has 25 heavy (non-hydrogen) atoms. The van der Waals surface area contributed by atoms with E-state index in [0.29, 0.717) is 5.82 Å². The van der Waals surface area contributed by atoms with E-state index in [-0.39, 0.29) is 0 Å². The summed E-state index contributed by atoms with van der Waals surface area (Å²) >= 11 is 5.10. The van der Waals surface area contributed by atoms with Gasteiger partial charge in [-0.1, -0.05) is 46.3 Å². The van der Waals surface area contributed by atoms with Crippen molar-refractivity contribution in [2.24, 2.45) is 4.99 Å². The van der Waals surface area contributed by atoms with E-state index in [1.807, 2.05) is 31.2 Å². The largest absolute Gasteiger partial charge is 0.285 e. The lowest BCUT2D eigenvalue weighted by atomic mass is 10.1. The van der Waals surface area contributed by atoms with Gasteiger partial charge in [-0.2, -0.15) is 10.1 Å². The molecule has 0 saturated carbocycles. The van der Waals surface area contributed by atoms with Crippen molar-refractivity contribution < 1.29 is 0 Å². The van der Waals surface area contributed by atoms with Gasteiger partial charge in [0, 0.05) is 27.3 Å². The number of aryl methyl sites for hydroxylation is 1. The number of nitrogens with zero attached hydrogens (tertiary/aromatic N) is 3. The SMILES string of the molecule is Cc1cc(N=c2scc(-c3ccc(Br)cc3)n2-c2ccccc2)n[nH]1. The highest BCUT2D eigenvalue weighted by atomic mass is 79.9. The molecule has 0 amide bonds. The Morgan fingerprint density at radius 2 is 1.84 bits per heavy atom. The van der Waals surface area contributed by atoms with E-state index in [2.05, 4.69) is 72.5 Å². The maximum atomic E-state index is 4.73. The van der Waals surface area contributed by atoms with Crippen LogP contribution in [0.3, 0.4) is 0 Å². The summed E-state index contributed by atoms with van der Waals surface area (Å²) in [6.45, 7) is 1.97. The Balaban J connectivity index is 1.94. The topological polar surface area (TPSA) is 46.0 Å². The summed E-state index contributed by atoms with van der Waals surface area (Å²) in [6, 6.07) is 20.5. The van der Waals surface area contributed by atoms with E-state index in [9.17, 15) is 0 Å². The molecule has 0 unspecified atom stereocenters. The number of hydrogen-bond donors (Lipinski definition) is 1. The maximum absolute atomic E-state index is 4.73. The fourth-order valence-corrected chi connectivity index (χ4v) is 3.77. The second kappa shape index (κ2) is 6.82. The number of H-pyrrole nitrogens is 1. The number of hydrogen-bond acceptors (Lipinski definition) is 3. The predicted octanol–water partition coefficient (Wildman–Crippen LogP) is 5.23. The molecule has 0 saturated heterocycles. The van der Waals surface area contributed by atoms with Gasteiger partial charge in [-0.15, -0.1) is 11.3 Å². The van der Waals surface area contributed by atoms with Crippen LogP contribution in [0.2, 0.25) is 0 Å².